The first-order valence-electron chi connectivity index (χ1n) is 9.78. The fraction of sp³-hybridized carbons (Fsp3) is 0.280. The topological polar surface area (TPSA) is 9.23 Å². The maximum Gasteiger partial charge on any atom is 0.119 e. The molecule has 0 saturated heterocycles. The Morgan fingerprint density at radius 2 is 1.56 bits per heavy atom. The molecule has 0 fully saturated rings. The van der Waals surface area contributed by atoms with Gasteiger partial charge in [0.05, 0.1) is 6.61 Å². The molecule has 2 unspecified atom stereocenters. The fourth-order valence-electron chi connectivity index (χ4n) is 4.25. The van der Waals surface area contributed by atoms with Gasteiger partial charge in [0, 0.05) is 11.2 Å². The normalized spacial score (nSPS) is 18.7. The van der Waals surface area contributed by atoms with Crippen molar-refractivity contribution in [2.45, 2.75) is 31.1 Å². The molecule has 0 spiro atoms. The van der Waals surface area contributed by atoms with Gasteiger partial charge in [0.25, 0.3) is 0 Å². The number of hydrogen-bond donors (Lipinski definition) is 0. The number of fused-ring (bicyclic) bond motifs is 1. The minimum absolute atomic E-state index is 0.397. The zero-order valence-corrected chi connectivity index (χ0v) is 17.1. The summed E-state index contributed by atoms with van der Waals surface area (Å²) in [5, 5.41) is 0.975. The van der Waals surface area contributed by atoms with Crippen LogP contribution in [0.1, 0.15) is 46.9 Å². The van der Waals surface area contributed by atoms with E-state index in [9.17, 15) is 0 Å². The minimum atomic E-state index is 0.397. The van der Waals surface area contributed by atoms with Gasteiger partial charge < -0.3 is 4.74 Å². The standard InChI is InChI=1S/C25H25BrO/c26-17-6-18-27-22-14-11-21(12-15-22)25-23-10-5-4-9-20(23)13-16-24(25)19-7-2-1-3-8-19/h1-5,7-12,14-15,24-25H,6,13,16-18H2. The maximum atomic E-state index is 5.84. The summed E-state index contributed by atoms with van der Waals surface area (Å²) in [6.45, 7) is 0.753. The van der Waals surface area contributed by atoms with Crippen molar-refractivity contribution in [1.82, 2.24) is 0 Å². The van der Waals surface area contributed by atoms with Gasteiger partial charge in [-0.1, -0.05) is 82.7 Å². The number of rotatable bonds is 6. The smallest absolute Gasteiger partial charge is 0.119 e. The highest BCUT2D eigenvalue weighted by Gasteiger charge is 2.31. The number of ether oxygens (including phenoxy) is 1. The third-order valence-electron chi connectivity index (χ3n) is 5.53. The molecule has 1 aliphatic rings. The first-order valence-corrected chi connectivity index (χ1v) is 10.9. The Morgan fingerprint density at radius 1 is 0.815 bits per heavy atom. The van der Waals surface area contributed by atoms with Crippen LogP contribution in [0.15, 0.2) is 78.9 Å². The van der Waals surface area contributed by atoms with Crippen LogP contribution in [0, 0.1) is 0 Å². The summed E-state index contributed by atoms with van der Waals surface area (Å²) >= 11 is 3.45. The minimum Gasteiger partial charge on any atom is -0.494 e. The first kappa shape index (κ1) is 18.3. The molecule has 3 aromatic carbocycles. The van der Waals surface area contributed by atoms with E-state index in [-0.39, 0.29) is 0 Å². The molecule has 2 heteroatoms. The number of alkyl halides is 1. The largest absolute Gasteiger partial charge is 0.494 e. The van der Waals surface area contributed by atoms with Crippen LogP contribution in [0.5, 0.6) is 5.75 Å². The van der Waals surface area contributed by atoms with E-state index in [4.69, 9.17) is 4.74 Å². The number of benzene rings is 3. The number of hydrogen-bond acceptors (Lipinski definition) is 1. The van der Waals surface area contributed by atoms with Crippen LogP contribution < -0.4 is 4.74 Å². The van der Waals surface area contributed by atoms with E-state index in [0.29, 0.717) is 11.8 Å². The van der Waals surface area contributed by atoms with Crippen molar-refractivity contribution in [3.05, 3.63) is 101 Å². The molecule has 3 aromatic rings. The Hall–Kier alpha value is -2.06. The molecule has 0 aliphatic heterocycles. The van der Waals surface area contributed by atoms with Crippen molar-refractivity contribution in [2.75, 3.05) is 11.9 Å². The van der Waals surface area contributed by atoms with Crippen molar-refractivity contribution in [1.29, 1.82) is 0 Å². The predicted octanol–water partition coefficient (Wildman–Crippen LogP) is 6.71. The lowest BCUT2D eigenvalue weighted by molar-refractivity contribution is 0.319. The molecule has 0 amide bonds. The molecule has 0 aromatic heterocycles. The highest BCUT2D eigenvalue weighted by atomic mass is 79.9. The Morgan fingerprint density at radius 3 is 2.33 bits per heavy atom. The second-order valence-electron chi connectivity index (χ2n) is 7.19. The van der Waals surface area contributed by atoms with Crippen LogP contribution >= 0.6 is 15.9 Å². The van der Waals surface area contributed by atoms with E-state index >= 15 is 0 Å². The number of aryl methyl sites for hydroxylation is 1. The highest BCUT2D eigenvalue weighted by Crippen LogP contribution is 2.46. The summed E-state index contributed by atoms with van der Waals surface area (Å²) in [7, 11) is 0. The third-order valence-corrected chi connectivity index (χ3v) is 6.09. The summed E-state index contributed by atoms with van der Waals surface area (Å²) in [5.41, 5.74) is 5.79. The number of halogens is 1. The van der Waals surface area contributed by atoms with E-state index in [1.54, 1.807) is 0 Å². The monoisotopic (exact) mass is 420 g/mol. The molecular weight excluding hydrogens is 396 g/mol. The summed E-state index contributed by atoms with van der Waals surface area (Å²) in [4.78, 5) is 0. The molecule has 1 nitrogen and oxygen atoms in total. The molecule has 2 atom stereocenters. The zero-order chi connectivity index (χ0) is 18.5. The van der Waals surface area contributed by atoms with Gasteiger partial charge in [-0.25, -0.2) is 0 Å². The summed E-state index contributed by atoms with van der Waals surface area (Å²) in [5.74, 6) is 1.87. The molecular formula is C25H25BrO. The van der Waals surface area contributed by atoms with E-state index < -0.39 is 0 Å². The van der Waals surface area contributed by atoms with Gasteiger partial charge in [0.15, 0.2) is 0 Å². The second-order valence-corrected chi connectivity index (χ2v) is 7.99. The lowest BCUT2D eigenvalue weighted by atomic mass is 9.69. The van der Waals surface area contributed by atoms with Crippen LogP contribution in [0.4, 0.5) is 0 Å². The van der Waals surface area contributed by atoms with Gasteiger partial charge in [-0.15, -0.1) is 0 Å². The van der Waals surface area contributed by atoms with Crippen LogP contribution in [0.3, 0.4) is 0 Å². The predicted molar refractivity (Wildman–Crippen MR) is 116 cm³/mol. The maximum absolute atomic E-state index is 5.84. The van der Waals surface area contributed by atoms with Crippen LogP contribution in [0.2, 0.25) is 0 Å². The summed E-state index contributed by atoms with van der Waals surface area (Å²) in [6.07, 6.45) is 3.36. The molecule has 0 bridgehead atoms. The molecule has 138 valence electrons. The van der Waals surface area contributed by atoms with Gasteiger partial charge >= 0.3 is 0 Å². The van der Waals surface area contributed by atoms with Crippen molar-refractivity contribution in [2.24, 2.45) is 0 Å². The van der Waals surface area contributed by atoms with Crippen molar-refractivity contribution >= 4 is 15.9 Å². The highest BCUT2D eigenvalue weighted by molar-refractivity contribution is 9.09. The Bertz CT molecular complexity index is 857. The third kappa shape index (κ3) is 4.11. The molecule has 4 rings (SSSR count). The zero-order valence-electron chi connectivity index (χ0n) is 15.5. The average Bonchev–Trinajstić information content (AvgIpc) is 2.74. The van der Waals surface area contributed by atoms with E-state index in [2.05, 4.69) is 94.8 Å². The fourth-order valence-corrected chi connectivity index (χ4v) is 4.48. The van der Waals surface area contributed by atoms with Crippen molar-refractivity contribution < 1.29 is 4.74 Å². The SMILES string of the molecule is BrCCCOc1ccc(C2c3ccccc3CCC2c2ccccc2)cc1. The van der Waals surface area contributed by atoms with Crippen molar-refractivity contribution in [3.63, 3.8) is 0 Å². The molecule has 0 heterocycles. The summed E-state index contributed by atoms with van der Waals surface area (Å²) < 4.78 is 5.84. The molecule has 1 aliphatic carbocycles. The van der Waals surface area contributed by atoms with E-state index in [1.807, 2.05) is 0 Å². The van der Waals surface area contributed by atoms with Crippen LogP contribution in [0.25, 0.3) is 0 Å². The Balaban J connectivity index is 1.67. The molecule has 0 N–H and O–H groups in total. The Labute approximate surface area is 170 Å². The lowest BCUT2D eigenvalue weighted by Gasteiger charge is -2.34. The van der Waals surface area contributed by atoms with Crippen molar-refractivity contribution in [3.8, 4) is 5.75 Å². The van der Waals surface area contributed by atoms with Gasteiger partial charge in [-0.2, -0.15) is 0 Å². The molecule has 0 saturated carbocycles. The van der Waals surface area contributed by atoms with Crippen LogP contribution in [-0.2, 0) is 6.42 Å². The lowest BCUT2D eigenvalue weighted by Crippen LogP contribution is -2.20. The summed E-state index contributed by atoms with van der Waals surface area (Å²) in [6, 6.07) is 28.7. The van der Waals surface area contributed by atoms with E-state index in [0.717, 1.165) is 30.5 Å². The van der Waals surface area contributed by atoms with Gasteiger partial charge in [-0.05, 0) is 59.6 Å². The second kappa shape index (κ2) is 8.75. The molecule has 27 heavy (non-hydrogen) atoms. The Kier molecular flexibility index (Phi) is 5.94. The van der Waals surface area contributed by atoms with Gasteiger partial charge in [0.2, 0.25) is 0 Å². The average molecular weight is 421 g/mol. The van der Waals surface area contributed by atoms with Gasteiger partial charge in [0.1, 0.15) is 5.75 Å². The molecule has 0 radical (unpaired) electrons. The first-order chi connectivity index (χ1) is 13.4. The van der Waals surface area contributed by atoms with E-state index in [1.165, 1.54) is 28.7 Å². The van der Waals surface area contributed by atoms with Gasteiger partial charge in [-0.3, -0.25) is 0 Å². The van der Waals surface area contributed by atoms with Crippen LogP contribution in [-0.4, -0.2) is 11.9 Å². The quantitative estimate of drug-likeness (QED) is 0.317.